The van der Waals surface area contributed by atoms with E-state index in [-0.39, 0.29) is 0 Å². The van der Waals surface area contributed by atoms with Gasteiger partial charge in [0.1, 0.15) is 6.61 Å². The highest BCUT2D eigenvalue weighted by atomic mass is 16.5. The fourth-order valence-electron chi connectivity index (χ4n) is 1.54. The van der Waals surface area contributed by atoms with Gasteiger partial charge in [-0.05, 0) is 32.0 Å². The molecule has 0 aliphatic rings. The lowest BCUT2D eigenvalue weighted by Gasteiger charge is -2.10. The van der Waals surface area contributed by atoms with Crippen molar-refractivity contribution in [3.05, 3.63) is 24.3 Å². The van der Waals surface area contributed by atoms with Crippen LogP contribution in [0.2, 0.25) is 0 Å². The molecule has 0 saturated heterocycles. The quantitative estimate of drug-likeness (QED) is 0.648. The summed E-state index contributed by atoms with van der Waals surface area (Å²) in [5.41, 5.74) is 0. The van der Waals surface area contributed by atoms with E-state index in [9.17, 15) is 0 Å². The van der Waals surface area contributed by atoms with Gasteiger partial charge in [0.15, 0.2) is 11.5 Å². The monoisotopic (exact) mass is 253 g/mol. The second-order valence-electron chi connectivity index (χ2n) is 3.80. The van der Waals surface area contributed by atoms with Crippen molar-refractivity contribution in [2.45, 2.75) is 13.3 Å². The van der Waals surface area contributed by atoms with Crippen molar-refractivity contribution in [3.8, 4) is 11.5 Å². The summed E-state index contributed by atoms with van der Waals surface area (Å²) >= 11 is 0. The van der Waals surface area contributed by atoms with E-state index in [0.29, 0.717) is 6.61 Å². The fraction of sp³-hybridized carbons (Fsp3) is 0.571. The lowest BCUT2D eigenvalue weighted by Crippen LogP contribution is -2.23. The van der Waals surface area contributed by atoms with Crippen molar-refractivity contribution in [3.63, 3.8) is 0 Å². The molecule has 102 valence electrons. The lowest BCUT2D eigenvalue weighted by atomic mass is 10.3. The van der Waals surface area contributed by atoms with E-state index >= 15 is 0 Å². The molecule has 0 fully saturated rings. The number of rotatable bonds is 10. The van der Waals surface area contributed by atoms with Crippen LogP contribution in [0.5, 0.6) is 11.5 Å². The van der Waals surface area contributed by atoms with Gasteiger partial charge in [0.2, 0.25) is 0 Å². The summed E-state index contributed by atoms with van der Waals surface area (Å²) in [5, 5.41) is 3.31. The van der Waals surface area contributed by atoms with Crippen LogP contribution >= 0.6 is 0 Å². The summed E-state index contributed by atoms with van der Waals surface area (Å²) in [6.45, 7) is 6.02. The SMILES string of the molecule is CCOCCCNCCOc1ccccc1OC. The Bertz CT molecular complexity index is 318. The third-order valence-electron chi connectivity index (χ3n) is 2.45. The van der Waals surface area contributed by atoms with Gasteiger partial charge >= 0.3 is 0 Å². The molecule has 0 aliphatic heterocycles. The van der Waals surface area contributed by atoms with Crippen molar-refractivity contribution in [1.29, 1.82) is 0 Å². The molecule has 18 heavy (non-hydrogen) atoms. The van der Waals surface area contributed by atoms with Gasteiger partial charge in [-0.2, -0.15) is 0 Å². The summed E-state index contributed by atoms with van der Waals surface area (Å²) in [4.78, 5) is 0. The Morgan fingerprint density at radius 2 is 1.83 bits per heavy atom. The third kappa shape index (κ3) is 5.89. The smallest absolute Gasteiger partial charge is 0.161 e. The number of benzene rings is 1. The first-order chi connectivity index (χ1) is 8.88. The Morgan fingerprint density at radius 3 is 2.56 bits per heavy atom. The predicted molar refractivity (Wildman–Crippen MR) is 72.5 cm³/mol. The molecule has 0 atom stereocenters. The van der Waals surface area contributed by atoms with Crippen molar-refractivity contribution in [2.75, 3.05) is 40.0 Å². The molecule has 0 aliphatic carbocycles. The van der Waals surface area contributed by atoms with Gasteiger partial charge in [-0.15, -0.1) is 0 Å². The zero-order chi connectivity index (χ0) is 13.1. The van der Waals surface area contributed by atoms with Crippen LogP contribution in [0.4, 0.5) is 0 Å². The molecular formula is C14H23NO3. The summed E-state index contributed by atoms with van der Waals surface area (Å²) in [6, 6.07) is 7.67. The zero-order valence-corrected chi connectivity index (χ0v) is 11.3. The van der Waals surface area contributed by atoms with E-state index in [1.54, 1.807) is 7.11 Å². The van der Waals surface area contributed by atoms with Crippen molar-refractivity contribution in [2.24, 2.45) is 0 Å². The molecule has 1 aromatic rings. The molecule has 0 spiro atoms. The van der Waals surface area contributed by atoms with Crippen LogP contribution in [-0.2, 0) is 4.74 Å². The van der Waals surface area contributed by atoms with Gasteiger partial charge in [0.25, 0.3) is 0 Å². The topological polar surface area (TPSA) is 39.7 Å². The lowest BCUT2D eigenvalue weighted by molar-refractivity contribution is 0.144. The molecule has 1 N–H and O–H groups in total. The van der Waals surface area contributed by atoms with Crippen molar-refractivity contribution < 1.29 is 14.2 Å². The summed E-state index contributed by atoms with van der Waals surface area (Å²) in [6.07, 6.45) is 1.03. The van der Waals surface area contributed by atoms with Gasteiger partial charge in [0.05, 0.1) is 7.11 Å². The summed E-state index contributed by atoms with van der Waals surface area (Å²) in [5.74, 6) is 1.56. The van der Waals surface area contributed by atoms with Crippen LogP contribution in [-0.4, -0.2) is 40.0 Å². The van der Waals surface area contributed by atoms with E-state index in [2.05, 4.69) is 5.32 Å². The highest BCUT2D eigenvalue weighted by molar-refractivity contribution is 5.39. The van der Waals surface area contributed by atoms with Crippen LogP contribution in [0, 0.1) is 0 Å². The van der Waals surface area contributed by atoms with Crippen LogP contribution in [0.15, 0.2) is 24.3 Å². The number of methoxy groups -OCH3 is 1. The minimum atomic E-state index is 0.634. The average molecular weight is 253 g/mol. The van der Waals surface area contributed by atoms with E-state index < -0.39 is 0 Å². The van der Waals surface area contributed by atoms with Gasteiger partial charge < -0.3 is 19.5 Å². The normalized spacial score (nSPS) is 10.3. The van der Waals surface area contributed by atoms with E-state index in [1.165, 1.54) is 0 Å². The molecule has 4 heteroatoms. The molecule has 0 aromatic heterocycles. The van der Waals surface area contributed by atoms with Gasteiger partial charge in [-0.3, -0.25) is 0 Å². The number of nitrogens with one attached hydrogen (secondary N) is 1. The molecule has 4 nitrogen and oxygen atoms in total. The van der Waals surface area contributed by atoms with E-state index in [0.717, 1.165) is 44.2 Å². The van der Waals surface area contributed by atoms with Crippen molar-refractivity contribution in [1.82, 2.24) is 5.32 Å². The standard InChI is InChI=1S/C14H23NO3/c1-3-17-11-6-9-15-10-12-18-14-8-5-4-7-13(14)16-2/h4-5,7-8,15H,3,6,9-12H2,1-2H3. The molecule has 1 rings (SSSR count). The molecule has 0 amide bonds. The number of ether oxygens (including phenoxy) is 3. The average Bonchev–Trinajstić information content (AvgIpc) is 2.42. The number of para-hydroxylation sites is 2. The zero-order valence-electron chi connectivity index (χ0n) is 11.3. The van der Waals surface area contributed by atoms with Crippen LogP contribution in [0.25, 0.3) is 0 Å². The van der Waals surface area contributed by atoms with Crippen LogP contribution in [0.3, 0.4) is 0 Å². The first-order valence-corrected chi connectivity index (χ1v) is 6.42. The minimum Gasteiger partial charge on any atom is -0.493 e. The maximum Gasteiger partial charge on any atom is 0.161 e. The third-order valence-corrected chi connectivity index (χ3v) is 2.45. The summed E-state index contributed by atoms with van der Waals surface area (Å²) < 4.78 is 16.1. The molecule has 0 radical (unpaired) electrons. The number of hydrogen-bond acceptors (Lipinski definition) is 4. The molecule has 0 heterocycles. The molecule has 0 saturated carbocycles. The molecule has 0 unspecified atom stereocenters. The molecule has 0 bridgehead atoms. The Kier molecular flexibility index (Phi) is 8.01. The highest BCUT2D eigenvalue weighted by Crippen LogP contribution is 2.25. The first kappa shape index (κ1) is 14.8. The number of hydrogen-bond donors (Lipinski definition) is 1. The highest BCUT2D eigenvalue weighted by Gasteiger charge is 2.01. The largest absolute Gasteiger partial charge is 0.493 e. The van der Waals surface area contributed by atoms with E-state index in [1.807, 2.05) is 31.2 Å². The van der Waals surface area contributed by atoms with Gasteiger partial charge in [-0.25, -0.2) is 0 Å². The van der Waals surface area contributed by atoms with Gasteiger partial charge in [0, 0.05) is 19.8 Å². The Balaban J connectivity index is 2.07. The second-order valence-corrected chi connectivity index (χ2v) is 3.80. The Morgan fingerprint density at radius 1 is 1.06 bits per heavy atom. The maximum atomic E-state index is 5.64. The second kappa shape index (κ2) is 9.74. The van der Waals surface area contributed by atoms with Gasteiger partial charge in [-0.1, -0.05) is 12.1 Å². The Labute approximate surface area is 109 Å². The van der Waals surface area contributed by atoms with Crippen molar-refractivity contribution >= 4 is 0 Å². The first-order valence-electron chi connectivity index (χ1n) is 6.42. The predicted octanol–water partition coefficient (Wildman–Crippen LogP) is 2.09. The van der Waals surface area contributed by atoms with E-state index in [4.69, 9.17) is 14.2 Å². The fourth-order valence-corrected chi connectivity index (χ4v) is 1.54. The summed E-state index contributed by atoms with van der Waals surface area (Å²) in [7, 11) is 1.65. The molecule has 1 aromatic carbocycles. The maximum absolute atomic E-state index is 5.64. The Hall–Kier alpha value is -1.26. The minimum absolute atomic E-state index is 0.634. The molecular weight excluding hydrogens is 230 g/mol. The van der Waals surface area contributed by atoms with Crippen LogP contribution < -0.4 is 14.8 Å². The van der Waals surface area contributed by atoms with Crippen LogP contribution in [0.1, 0.15) is 13.3 Å².